The van der Waals surface area contributed by atoms with Gasteiger partial charge in [0.2, 0.25) is 0 Å². The van der Waals surface area contributed by atoms with E-state index in [2.05, 4.69) is 30.6 Å². The first-order valence-electron chi connectivity index (χ1n) is 9.78. The Labute approximate surface area is 171 Å². The molecule has 5 rings (SSSR count). The van der Waals surface area contributed by atoms with Gasteiger partial charge in [-0.3, -0.25) is 4.57 Å². The van der Waals surface area contributed by atoms with E-state index in [0.29, 0.717) is 30.8 Å². The first-order chi connectivity index (χ1) is 14.6. The zero-order valence-electron chi connectivity index (χ0n) is 16.3. The topological polar surface area (TPSA) is 136 Å². The van der Waals surface area contributed by atoms with Crippen molar-refractivity contribution in [2.24, 2.45) is 0 Å². The number of aliphatic hydroxyl groups excluding tert-OH is 2. The Kier molecular flexibility index (Phi) is 4.87. The van der Waals surface area contributed by atoms with Gasteiger partial charge in [0.25, 0.3) is 0 Å². The molecule has 0 spiro atoms. The fraction of sp³-hybridized carbons (Fsp3) is 0.421. The van der Waals surface area contributed by atoms with Crippen LogP contribution >= 0.6 is 0 Å². The summed E-state index contributed by atoms with van der Waals surface area (Å²) in [6, 6.07) is 7.77. The summed E-state index contributed by atoms with van der Waals surface area (Å²) < 4.78 is 9.41. The molecule has 1 aliphatic rings. The van der Waals surface area contributed by atoms with E-state index in [1.54, 1.807) is 10.9 Å². The molecule has 1 saturated heterocycles. The second-order valence-electron chi connectivity index (χ2n) is 7.33. The van der Waals surface area contributed by atoms with Gasteiger partial charge in [0, 0.05) is 13.1 Å². The molecule has 3 aromatic heterocycles. The summed E-state index contributed by atoms with van der Waals surface area (Å²) in [4.78, 5) is 12.7. The van der Waals surface area contributed by atoms with Crippen LogP contribution in [0.3, 0.4) is 0 Å². The van der Waals surface area contributed by atoms with Crippen molar-refractivity contribution >= 4 is 22.2 Å². The molecule has 156 valence electrons. The molecule has 11 nitrogen and oxygen atoms in total. The number of rotatable bonds is 6. The first-order valence-corrected chi connectivity index (χ1v) is 9.78. The Morgan fingerprint density at radius 3 is 2.90 bits per heavy atom. The van der Waals surface area contributed by atoms with E-state index in [-0.39, 0.29) is 0 Å². The molecule has 0 saturated carbocycles. The molecule has 0 aliphatic carbocycles. The number of ether oxygens (including phenoxy) is 1. The van der Waals surface area contributed by atoms with Gasteiger partial charge in [-0.05, 0) is 19.1 Å². The second kappa shape index (κ2) is 7.69. The highest BCUT2D eigenvalue weighted by Crippen LogP contribution is 2.31. The monoisotopic (exact) mass is 410 g/mol. The number of aryl methyl sites for hydroxylation is 1. The number of aromatic nitrogens is 7. The largest absolute Gasteiger partial charge is 0.387 e. The van der Waals surface area contributed by atoms with E-state index in [0.717, 1.165) is 16.7 Å². The average Bonchev–Trinajstić information content (AvgIpc) is 3.44. The standard InChI is InChI=1S/C19H22N8O3/c1-11-15-18(22-9-21-11)26(10-23-15)19-17(29)16(28)14(30-19)8-20-6-7-27-13-5-3-2-4-12(13)24-25-27/h2-5,9-10,14,16-17,19-20,28-29H,6-8H2,1H3. The van der Waals surface area contributed by atoms with Gasteiger partial charge >= 0.3 is 0 Å². The van der Waals surface area contributed by atoms with Crippen LogP contribution in [-0.4, -0.2) is 76.1 Å². The van der Waals surface area contributed by atoms with E-state index < -0.39 is 24.5 Å². The minimum atomic E-state index is -1.09. The third kappa shape index (κ3) is 3.21. The van der Waals surface area contributed by atoms with Crippen molar-refractivity contribution in [3.63, 3.8) is 0 Å². The first kappa shape index (κ1) is 19.0. The molecule has 4 unspecified atom stereocenters. The Morgan fingerprint density at radius 1 is 1.13 bits per heavy atom. The number of hydrogen-bond acceptors (Lipinski definition) is 9. The van der Waals surface area contributed by atoms with Gasteiger partial charge in [0.1, 0.15) is 35.7 Å². The Hall–Kier alpha value is -2.99. The van der Waals surface area contributed by atoms with Gasteiger partial charge in [-0.2, -0.15) is 0 Å². The number of para-hydroxylation sites is 1. The summed E-state index contributed by atoms with van der Waals surface area (Å²) in [7, 11) is 0. The van der Waals surface area contributed by atoms with Gasteiger partial charge in [-0.1, -0.05) is 17.3 Å². The number of imidazole rings is 1. The molecule has 1 fully saturated rings. The number of aliphatic hydroxyl groups is 2. The number of hydrogen-bond donors (Lipinski definition) is 3. The normalized spacial score (nSPS) is 24.2. The smallest absolute Gasteiger partial charge is 0.165 e. The second-order valence-corrected chi connectivity index (χ2v) is 7.33. The van der Waals surface area contributed by atoms with Crippen LogP contribution in [0.4, 0.5) is 0 Å². The molecule has 0 bridgehead atoms. The Morgan fingerprint density at radius 2 is 2.00 bits per heavy atom. The molecule has 30 heavy (non-hydrogen) atoms. The maximum atomic E-state index is 10.5. The number of nitrogens with zero attached hydrogens (tertiary/aromatic N) is 7. The molecule has 4 heterocycles. The zero-order valence-corrected chi connectivity index (χ0v) is 16.3. The van der Waals surface area contributed by atoms with E-state index in [9.17, 15) is 10.2 Å². The van der Waals surface area contributed by atoms with Crippen molar-refractivity contribution in [3.8, 4) is 0 Å². The highest BCUT2D eigenvalue weighted by atomic mass is 16.6. The predicted molar refractivity (Wildman–Crippen MR) is 106 cm³/mol. The molecule has 1 aromatic carbocycles. The lowest BCUT2D eigenvalue weighted by molar-refractivity contribution is -0.0341. The number of nitrogens with one attached hydrogen (secondary N) is 1. The summed E-state index contributed by atoms with van der Waals surface area (Å²) in [5.41, 5.74) is 3.77. The zero-order chi connectivity index (χ0) is 20.7. The molecule has 4 atom stereocenters. The number of fused-ring (bicyclic) bond motifs is 2. The van der Waals surface area contributed by atoms with E-state index in [1.807, 2.05) is 35.9 Å². The van der Waals surface area contributed by atoms with Crippen molar-refractivity contribution in [1.82, 2.24) is 39.8 Å². The molecule has 0 amide bonds. The Bertz CT molecular complexity index is 1170. The predicted octanol–water partition coefficient (Wildman–Crippen LogP) is -0.212. The van der Waals surface area contributed by atoms with Crippen LogP contribution in [0.25, 0.3) is 22.2 Å². The number of benzene rings is 1. The lowest BCUT2D eigenvalue weighted by atomic mass is 10.1. The van der Waals surface area contributed by atoms with Gasteiger partial charge in [0.05, 0.1) is 24.1 Å². The van der Waals surface area contributed by atoms with Gasteiger partial charge in [0.15, 0.2) is 11.9 Å². The van der Waals surface area contributed by atoms with Gasteiger partial charge < -0.3 is 20.3 Å². The summed E-state index contributed by atoms with van der Waals surface area (Å²) in [6.45, 7) is 3.45. The van der Waals surface area contributed by atoms with Crippen LogP contribution in [0, 0.1) is 6.92 Å². The van der Waals surface area contributed by atoms with Crippen LogP contribution in [0.2, 0.25) is 0 Å². The van der Waals surface area contributed by atoms with Crippen LogP contribution in [0.5, 0.6) is 0 Å². The fourth-order valence-electron chi connectivity index (χ4n) is 3.79. The van der Waals surface area contributed by atoms with E-state index >= 15 is 0 Å². The average molecular weight is 410 g/mol. The SMILES string of the molecule is Cc1ncnc2c1ncn2C1OC(CNCCn2nnc3ccccc32)C(O)C1O. The lowest BCUT2D eigenvalue weighted by Gasteiger charge is -2.16. The van der Waals surface area contributed by atoms with Crippen molar-refractivity contribution in [2.45, 2.75) is 38.0 Å². The van der Waals surface area contributed by atoms with Crippen LogP contribution in [-0.2, 0) is 11.3 Å². The van der Waals surface area contributed by atoms with Crippen molar-refractivity contribution in [3.05, 3.63) is 42.6 Å². The molecular formula is C19H22N8O3. The van der Waals surface area contributed by atoms with E-state index in [1.165, 1.54) is 6.33 Å². The summed E-state index contributed by atoms with van der Waals surface area (Å²) in [5, 5.41) is 32.6. The summed E-state index contributed by atoms with van der Waals surface area (Å²) in [6.07, 6.45) is -0.471. The van der Waals surface area contributed by atoms with Crippen molar-refractivity contribution in [2.75, 3.05) is 13.1 Å². The molecule has 11 heteroatoms. The van der Waals surface area contributed by atoms with Gasteiger partial charge in [-0.25, -0.2) is 19.6 Å². The van der Waals surface area contributed by atoms with Crippen molar-refractivity contribution in [1.29, 1.82) is 0 Å². The molecule has 3 N–H and O–H groups in total. The molecule has 1 aliphatic heterocycles. The maximum Gasteiger partial charge on any atom is 0.165 e. The third-order valence-corrected chi connectivity index (χ3v) is 5.42. The minimum absolute atomic E-state index is 0.377. The third-order valence-electron chi connectivity index (χ3n) is 5.42. The lowest BCUT2D eigenvalue weighted by Crippen LogP contribution is -2.38. The summed E-state index contributed by atoms with van der Waals surface area (Å²) in [5.74, 6) is 0. The van der Waals surface area contributed by atoms with Crippen LogP contribution in [0.15, 0.2) is 36.9 Å². The fourth-order valence-corrected chi connectivity index (χ4v) is 3.79. The Balaban J connectivity index is 1.22. The van der Waals surface area contributed by atoms with E-state index in [4.69, 9.17) is 4.74 Å². The minimum Gasteiger partial charge on any atom is -0.387 e. The summed E-state index contributed by atoms with van der Waals surface area (Å²) >= 11 is 0. The van der Waals surface area contributed by atoms with Crippen LogP contribution in [0.1, 0.15) is 11.9 Å². The highest BCUT2D eigenvalue weighted by molar-refractivity contribution is 5.74. The van der Waals surface area contributed by atoms with Gasteiger partial charge in [-0.15, -0.1) is 5.10 Å². The van der Waals surface area contributed by atoms with Crippen LogP contribution < -0.4 is 5.32 Å². The van der Waals surface area contributed by atoms with Crippen molar-refractivity contribution < 1.29 is 14.9 Å². The molecule has 0 radical (unpaired) electrons. The molecular weight excluding hydrogens is 388 g/mol. The maximum absolute atomic E-state index is 10.5. The quantitative estimate of drug-likeness (QED) is 0.369. The molecule has 4 aromatic rings. The highest BCUT2D eigenvalue weighted by Gasteiger charge is 2.44.